The van der Waals surface area contributed by atoms with E-state index in [0.717, 1.165) is 57.0 Å². The van der Waals surface area contributed by atoms with Crippen molar-refractivity contribution in [2.24, 2.45) is 0 Å². The predicted molar refractivity (Wildman–Crippen MR) is 104 cm³/mol. The lowest BCUT2D eigenvalue weighted by molar-refractivity contribution is 0.0883. The van der Waals surface area contributed by atoms with Gasteiger partial charge in [0.1, 0.15) is 23.4 Å². The maximum absolute atomic E-state index is 12.6. The molecule has 2 N–H and O–H groups in total. The minimum Gasteiger partial charge on any atom is -0.497 e. The summed E-state index contributed by atoms with van der Waals surface area (Å²) in [5.41, 5.74) is 0.575. The molecule has 8 heteroatoms. The summed E-state index contributed by atoms with van der Waals surface area (Å²) >= 11 is 0. The Kier molecular flexibility index (Phi) is 5.47. The van der Waals surface area contributed by atoms with E-state index in [1.807, 2.05) is 13.0 Å². The summed E-state index contributed by atoms with van der Waals surface area (Å²) in [6.07, 6.45) is 3.97. The molecule has 2 aromatic rings. The number of benzene rings is 1. The number of hydrogen-bond acceptors (Lipinski definition) is 6. The lowest BCUT2D eigenvalue weighted by atomic mass is 10.1. The van der Waals surface area contributed by atoms with Crippen LogP contribution in [-0.4, -0.2) is 58.3 Å². The van der Waals surface area contributed by atoms with E-state index in [4.69, 9.17) is 9.47 Å². The van der Waals surface area contributed by atoms with E-state index >= 15 is 0 Å². The Hall–Kier alpha value is -2.61. The molecule has 2 aliphatic rings. The number of likely N-dealkylation sites (tertiary alicyclic amines) is 1. The highest BCUT2D eigenvalue weighted by molar-refractivity contribution is 5.97. The lowest BCUT2D eigenvalue weighted by Crippen LogP contribution is -2.38. The molecule has 1 aliphatic carbocycles. The summed E-state index contributed by atoms with van der Waals surface area (Å²) < 4.78 is 11.6. The summed E-state index contributed by atoms with van der Waals surface area (Å²) in [6.45, 7) is 4.46. The fourth-order valence-electron chi connectivity index (χ4n) is 3.43. The third-order valence-corrected chi connectivity index (χ3v) is 5.18. The number of nitrogens with zero attached hydrogens (tertiary/aromatic N) is 3. The van der Waals surface area contributed by atoms with Crippen LogP contribution >= 0.6 is 0 Å². The van der Waals surface area contributed by atoms with Gasteiger partial charge in [-0.05, 0) is 44.7 Å². The van der Waals surface area contributed by atoms with Gasteiger partial charge in [0.25, 0.3) is 5.91 Å². The maximum Gasteiger partial charge on any atom is 0.255 e. The largest absolute Gasteiger partial charge is 0.497 e. The number of nitrogens with one attached hydrogen (secondary N) is 2. The van der Waals surface area contributed by atoms with Crippen molar-refractivity contribution in [3.05, 3.63) is 35.4 Å². The first-order valence-corrected chi connectivity index (χ1v) is 9.86. The average Bonchev–Trinajstić information content (AvgIpc) is 3.42. The molecular weight excluding hydrogens is 358 g/mol. The molecule has 2 fully saturated rings. The predicted octanol–water partition coefficient (Wildman–Crippen LogP) is 2.06. The van der Waals surface area contributed by atoms with Crippen molar-refractivity contribution in [2.75, 3.05) is 20.2 Å². The molecule has 1 aromatic carbocycles. The molecular formula is C20H27N5O3. The van der Waals surface area contributed by atoms with E-state index in [-0.39, 0.29) is 12.0 Å². The zero-order valence-corrected chi connectivity index (χ0v) is 16.4. The summed E-state index contributed by atoms with van der Waals surface area (Å²) in [6, 6.07) is 5.71. The van der Waals surface area contributed by atoms with Crippen LogP contribution in [0.5, 0.6) is 11.5 Å². The second-order valence-corrected chi connectivity index (χ2v) is 7.54. The van der Waals surface area contributed by atoms with Crippen LogP contribution in [0.3, 0.4) is 0 Å². The average molecular weight is 385 g/mol. The van der Waals surface area contributed by atoms with Crippen molar-refractivity contribution in [1.82, 2.24) is 25.4 Å². The van der Waals surface area contributed by atoms with Gasteiger partial charge in [-0.3, -0.25) is 14.8 Å². The van der Waals surface area contributed by atoms with Crippen LogP contribution in [0.15, 0.2) is 18.2 Å². The molecule has 4 rings (SSSR count). The molecule has 1 aliphatic heterocycles. The smallest absolute Gasteiger partial charge is 0.255 e. The molecule has 1 aromatic heterocycles. The number of carbonyl (C=O) groups excluding carboxylic acids is 1. The number of piperidine rings is 1. The van der Waals surface area contributed by atoms with Crippen molar-refractivity contribution < 1.29 is 14.3 Å². The van der Waals surface area contributed by atoms with Crippen molar-refractivity contribution >= 4 is 5.91 Å². The number of carbonyl (C=O) groups is 1. The molecule has 2 heterocycles. The molecule has 1 saturated carbocycles. The summed E-state index contributed by atoms with van der Waals surface area (Å²) in [4.78, 5) is 19.3. The number of H-pyrrole nitrogens is 1. The van der Waals surface area contributed by atoms with E-state index in [1.165, 1.54) is 0 Å². The van der Waals surface area contributed by atoms with Gasteiger partial charge in [0.2, 0.25) is 0 Å². The molecule has 0 bridgehead atoms. The Bertz CT molecular complexity index is 825. The number of amides is 1. The van der Waals surface area contributed by atoms with Crippen molar-refractivity contribution in [3.8, 4) is 11.5 Å². The van der Waals surface area contributed by atoms with Gasteiger partial charge in [0.05, 0.1) is 19.2 Å². The fraction of sp³-hybridized carbons (Fsp3) is 0.550. The van der Waals surface area contributed by atoms with Crippen molar-refractivity contribution in [1.29, 1.82) is 0 Å². The first kappa shape index (κ1) is 18.7. The van der Waals surface area contributed by atoms with Crippen LogP contribution < -0.4 is 14.8 Å². The van der Waals surface area contributed by atoms with Gasteiger partial charge in [-0.25, -0.2) is 4.98 Å². The number of aryl methyl sites for hydroxylation is 1. The topological polar surface area (TPSA) is 92.4 Å². The maximum atomic E-state index is 12.6. The lowest BCUT2D eigenvalue weighted by Gasteiger charge is -2.31. The van der Waals surface area contributed by atoms with E-state index in [9.17, 15) is 4.79 Å². The first-order chi connectivity index (χ1) is 13.6. The Labute approximate surface area is 164 Å². The third kappa shape index (κ3) is 4.62. The van der Waals surface area contributed by atoms with Crippen LogP contribution in [0.25, 0.3) is 0 Å². The van der Waals surface area contributed by atoms with E-state index in [1.54, 1.807) is 19.2 Å². The first-order valence-electron chi connectivity index (χ1n) is 9.86. The second kappa shape index (κ2) is 8.18. The summed E-state index contributed by atoms with van der Waals surface area (Å²) in [5, 5.41) is 10.1. The van der Waals surface area contributed by atoms with Gasteiger partial charge >= 0.3 is 0 Å². The van der Waals surface area contributed by atoms with Crippen LogP contribution in [0.4, 0.5) is 0 Å². The molecule has 0 radical (unpaired) electrons. The zero-order chi connectivity index (χ0) is 19.5. The highest BCUT2D eigenvalue weighted by Gasteiger charge is 2.27. The highest BCUT2D eigenvalue weighted by atomic mass is 16.5. The van der Waals surface area contributed by atoms with E-state index < -0.39 is 0 Å². The summed E-state index contributed by atoms with van der Waals surface area (Å²) in [7, 11) is 1.62. The SMILES string of the molecule is COc1ccc(C(=O)NC2CC2)c(OC2CCN(Cc3n[nH]c(C)n3)CC2)c1. The molecule has 28 heavy (non-hydrogen) atoms. The fourth-order valence-corrected chi connectivity index (χ4v) is 3.43. The van der Waals surface area contributed by atoms with Crippen molar-refractivity contribution in [3.63, 3.8) is 0 Å². The molecule has 1 saturated heterocycles. The molecule has 8 nitrogen and oxygen atoms in total. The molecule has 0 spiro atoms. The molecule has 0 atom stereocenters. The van der Waals surface area contributed by atoms with E-state index in [0.29, 0.717) is 23.1 Å². The van der Waals surface area contributed by atoms with Crippen LogP contribution in [0.1, 0.15) is 47.7 Å². The minimum atomic E-state index is -0.0717. The Morgan fingerprint density at radius 3 is 2.71 bits per heavy atom. The van der Waals surface area contributed by atoms with Gasteiger partial charge in [-0.2, -0.15) is 5.10 Å². The zero-order valence-electron chi connectivity index (χ0n) is 16.4. The van der Waals surface area contributed by atoms with Gasteiger partial charge in [-0.1, -0.05) is 0 Å². The highest BCUT2D eigenvalue weighted by Crippen LogP contribution is 2.29. The summed E-state index contributed by atoms with van der Waals surface area (Å²) in [5.74, 6) is 2.88. The number of ether oxygens (including phenoxy) is 2. The standard InChI is InChI=1S/C20H27N5O3/c1-13-21-19(24-23-13)12-25-9-7-15(8-10-25)28-18-11-16(27-2)5-6-17(18)20(26)22-14-3-4-14/h5-6,11,14-15H,3-4,7-10,12H2,1-2H3,(H,22,26)(H,21,23,24). The number of aromatic amines is 1. The number of aromatic nitrogens is 3. The molecule has 1 amide bonds. The number of methoxy groups -OCH3 is 1. The van der Waals surface area contributed by atoms with Crippen molar-refractivity contribution in [2.45, 2.75) is 51.3 Å². The van der Waals surface area contributed by atoms with Gasteiger partial charge < -0.3 is 14.8 Å². The van der Waals surface area contributed by atoms with Gasteiger partial charge in [0.15, 0.2) is 5.82 Å². The van der Waals surface area contributed by atoms with E-state index in [2.05, 4.69) is 25.4 Å². The quantitative estimate of drug-likeness (QED) is 0.758. The number of hydrogen-bond donors (Lipinski definition) is 2. The monoisotopic (exact) mass is 385 g/mol. The normalized spacial score (nSPS) is 18.1. The third-order valence-electron chi connectivity index (χ3n) is 5.18. The minimum absolute atomic E-state index is 0.0717. The molecule has 0 unspecified atom stereocenters. The Morgan fingerprint density at radius 2 is 2.07 bits per heavy atom. The Morgan fingerprint density at radius 1 is 1.29 bits per heavy atom. The van der Waals surface area contributed by atoms with Gasteiger partial charge in [-0.15, -0.1) is 0 Å². The van der Waals surface area contributed by atoms with Gasteiger partial charge in [0, 0.05) is 25.2 Å². The molecule has 150 valence electrons. The number of rotatable bonds is 7. The second-order valence-electron chi connectivity index (χ2n) is 7.54. The van der Waals surface area contributed by atoms with Crippen LogP contribution in [0, 0.1) is 6.92 Å². The van der Waals surface area contributed by atoms with Crippen LogP contribution in [0.2, 0.25) is 0 Å². The Balaban J connectivity index is 1.37. The van der Waals surface area contributed by atoms with Crippen LogP contribution in [-0.2, 0) is 6.54 Å².